The SMILES string of the molecule is COc1cccc(OC)c1OC(=O)/C=C/c1ccc(OC(F)F)cc1. The van der Waals surface area contributed by atoms with Gasteiger partial charge in [0.1, 0.15) is 5.75 Å². The molecule has 0 radical (unpaired) electrons. The second-order valence-corrected chi connectivity index (χ2v) is 4.69. The van der Waals surface area contributed by atoms with Crippen LogP contribution in [0.15, 0.2) is 48.5 Å². The van der Waals surface area contributed by atoms with Crippen molar-refractivity contribution in [2.75, 3.05) is 14.2 Å². The van der Waals surface area contributed by atoms with Gasteiger partial charge in [-0.3, -0.25) is 0 Å². The highest BCUT2D eigenvalue weighted by atomic mass is 19.3. The molecule has 0 fully saturated rings. The molecule has 0 atom stereocenters. The highest BCUT2D eigenvalue weighted by molar-refractivity contribution is 5.89. The summed E-state index contributed by atoms with van der Waals surface area (Å²) in [5.41, 5.74) is 0.616. The summed E-state index contributed by atoms with van der Waals surface area (Å²) >= 11 is 0. The monoisotopic (exact) mass is 350 g/mol. The van der Waals surface area contributed by atoms with E-state index in [9.17, 15) is 13.6 Å². The molecule has 2 rings (SSSR count). The van der Waals surface area contributed by atoms with E-state index >= 15 is 0 Å². The summed E-state index contributed by atoms with van der Waals surface area (Å²) in [6.45, 7) is -2.88. The molecule has 0 amide bonds. The fraction of sp³-hybridized carbons (Fsp3) is 0.167. The highest BCUT2D eigenvalue weighted by Crippen LogP contribution is 2.36. The number of benzene rings is 2. The van der Waals surface area contributed by atoms with E-state index in [1.54, 1.807) is 18.2 Å². The second-order valence-electron chi connectivity index (χ2n) is 4.69. The van der Waals surface area contributed by atoms with E-state index < -0.39 is 12.6 Å². The number of methoxy groups -OCH3 is 2. The molecule has 0 aliphatic carbocycles. The molecule has 0 aromatic heterocycles. The third kappa shape index (κ3) is 5.20. The predicted octanol–water partition coefficient (Wildman–Crippen LogP) is 3.92. The van der Waals surface area contributed by atoms with Crippen LogP contribution in [0.4, 0.5) is 8.78 Å². The lowest BCUT2D eigenvalue weighted by molar-refractivity contribution is -0.129. The van der Waals surface area contributed by atoms with Crippen molar-refractivity contribution in [3.05, 3.63) is 54.1 Å². The number of alkyl halides is 2. The number of carbonyl (C=O) groups is 1. The largest absolute Gasteiger partial charge is 0.493 e. The number of hydrogen-bond acceptors (Lipinski definition) is 5. The highest BCUT2D eigenvalue weighted by Gasteiger charge is 2.14. The summed E-state index contributed by atoms with van der Waals surface area (Å²) in [5, 5.41) is 0. The minimum absolute atomic E-state index is 0.0356. The molecule has 0 aliphatic rings. The number of para-hydroxylation sites is 1. The average molecular weight is 350 g/mol. The number of halogens is 2. The summed E-state index contributed by atoms with van der Waals surface area (Å²) in [6, 6.07) is 10.8. The Labute approximate surface area is 143 Å². The third-order valence-corrected chi connectivity index (χ3v) is 3.10. The van der Waals surface area contributed by atoms with Gasteiger partial charge in [-0.15, -0.1) is 0 Å². The van der Waals surface area contributed by atoms with Crippen LogP contribution < -0.4 is 18.9 Å². The van der Waals surface area contributed by atoms with Gasteiger partial charge in [0, 0.05) is 6.08 Å². The number of hydrogen-bond donors (Lipinski definition) is 0. The first-order chi connectivity index (χ1) is 12.0. The van der Waals surface area contributed by atoms with Gasteiger partial charge in [0.05, 0.1) is 14.2 Å². The summed E-state index contributed by atoms with van der Waals surface area (Å²) in [4.78, 5) is 12.0. The van der Waals surface area contributed by atoms with E-state index in [-0.39, 0.29) is 11.5 Å². The Morgan fingerprint density at radius 1 is 1.00 bits per heavy atom. The Balaban J connectivity index is 2.06. The van der Waals surface area contributed by atoms with Crippen molar-refractivity contribution in [3.63, 3.8) is 0 Å². The van der Waals surface area contributed by atoms with Crippen LogP contribution in [-0.4, -0.2) is 26.8 Å². The van der Waals surface area contributed by atoms with Crippen molar-refractivity contribution < 1.29 is 32.5 Å². The van der Waals surface area contributed by atoms with Crippen molar-refractivity contribution in [2.45, 2.75) is 6.61 Å². The van der Waals surface area contributed by atoms with E-state index in [0.717, 1.165) is 0 Å². The normalized spacial score (nSPS) is 10.8. The zero-order valence-corrected chi connectivity index (χ0v) is 13.6. The topological polar surface area (TPSA) is 54.0 Å². The lowest BCUT2D eigenvalue weighted by atomic mass is 10.2. The van der Waals surface area contributed by atoms with Crippen LogP contribution in [0.5, 0.6) is 23.0 Å². The van der Waals surface area contributed by atoms with Crippen LogP contribution in [0.3, 0.4) is 0 Å². The molecule has 2 aromatic rings. The van der Waals surface area contributed by atoms with Gasteiger partial charge in [-0.2, -0.15) is 8.78 Å². The van der Waals surface area contributed by atoms with Crippen LogP contribution in [0.25, 0.3) is 6.08 Å². The van der Waals surface area contributed by atoms with Crippen LogP contribution in [0.2, 0.25) is 0 Å². The van der Waals surface area contributed by atoms with Gasteiger partial charge in [-0.1, -0.05) is 18.2 Å². The molecular formula is C18H16F2O5. The van der Waals surface area contributed by atoms with Gasteiger partial charge >= 0.3 is 12.6 Å². The van der Waals surface area contributed by atoms with Crippen LogP contribution >= 0.6 is 0 Å². The fourth-order valence-electron chi connectivity index (χ4n) is 1.98. The summed E-state index contributed by atoms with van der Waals surface area (Å²) < 4.78 is 44.0. The zero-order chi connectivity index (χ0) is 18.2. The Kier molecular flexibility index (Phi) is 6.33. The quantitative estimate of drug-likeness (QED) is 0.430. The lowest BCUT2D eigenvalue weighted by Crippen LogP contribution is -2.06. The maximum atomic E-state index is 12.1. The van der Waals surface area contributed by atoms with E-state index in [4.69, 9.17) is 14.2 Å². The predicted molar refractivity (Wildman–Crippen MR) is 87.3 cm³/mol. The molecule has 132 valence electrons. The first kappa shape index (κ1) is 18.3. The van der Waals surface area contributed by atoms with Gasteiger partial charge in [-0.05, 0) is 35.9 Å². The van der Waals surface area contributed by atoms with E-state index in [2.05, 4.69) is 4.74 Å². The van der Waals surface area contributed by atoms with Crippen molar-refractivity contribution in [2.24, 2.45) is 0 Å². The molecular weight excluding hydrogens is 334 g/mol. The minimum Gasteiger partial charge on any atom is -0.493 e. The van der Waals surface area contributed by atoms with Gasteiger partial charge in [0.2, 0.25) is 5.75 Å². The first-order valence-electron chi connectivity index (χ1n) is 7.19. The molecule has 0 saturated carbocycles. The second kappa shape index (κ2) is 8.68. The van der Waals surface area contributed by atoms with Crippen molar-refractivity contribution >= 4 is 12.0 Å². The molecule has 0 N–H and O–H groups in total. The summed E-state index contributed by atoms with van der Waals surface area (Å²) in [6.07, 6.45) is 2.69. The number of carbonyl (C=O) groups excluding carboxylic acids is 1. The molecule has 0 spiro atoms. The first-order valence-corrected chi connectivity index (χ1v) is 7.19. The van der Waals surface area contributed by atoms with Gasteiger partial charge < -0.3 is 18.9 Å². The Bertz CT molecular complexity index is 719. The molecule has 0 unspecified atom stereocenters. The lowest BCUT2D eigenvalue weighted by Gasteiger charge is -2.11. The van der Waals surface area contributed by atoms with Gasteiger partial charge in [-0.25, -0.2) is 4.79 Å². The zero-order valence-electron chi connectivity index (χ0n) is 13.6. The number of esters is 1. The summed E-state index contributed by atoms with van der Waals surface area (Å²) in [5.74, 6) is 0.274. The minimum atomic E-state index is -2.88. The van der Waals surface area contributed by atoms with Crippen LogP contribution in [-0.2, 0) is 4.79 Å². The standard InChI is InChI=1S/C18H16F2O5/c1-22-14-4-3-5-15(23-2)17(14)25-16(21)11-8-12-6-9-13(10-7-12)24-18(19)20/h3-11,18H,1-2H3/b11-8+. The number of ether oxygens (including phenoxy) is 4. The molecule has 7 heteroatoms. The fourth-order valence-corrected chi connectivity index (χ4v) is 1.98. The smallest absolute Gasteiger partial charge is 0.387 e. The molecule has 0 aliphatic heterocycles. The third-order valence-electron chi connectivity index (χ3n) is 3.10. The Morgan fingerprint density at radius 2 is 1.60 bits per heavy atom. The van der Waals surface area contributed by atoms with Gasteiger partial charge in [0.25, 0.3) is 0 Å². The maximum Gasteiger partial charge on any atom is 0.387 e. The van der Waals surface area contributed by atoms with Crippen LogP contribution in [0, 0.1) is 0 Å². The Morgan fingerprint density at radius 3 is 2.12 bits per heavy atom. The Hall–Kier alpha value is -3.09. The maximum absolute atomic E-state index is 12.1. The van der Waals surface area contributed by atoms with E-state index in [1.807, 2.05) is 0 Å². The molecule has 2 aromatic carbocycles. The summed E-state index contributed by atoms with van der Waals surface area (Å²) in [7, 11) is 2.90. The van der Waals surface area contributed by atoms with Crippen molar-refractivity contribution in [1.82, 2.24) is 0 Å². The molecule has 0 saturated heterocycles. The molecule has 0 heterocycles. The number of rotatable bonds is 7. The van der Waals surface area contributed by atoms with Crippen molar-refractivity contribution in [3.8, 4) is 23.0 Å². The van der Waals surface area contributed by atoms with Gasteiger partial charge in [0.15, 0.2) is 11.5 Å². The van der Waals surface area contributed by atoms with E-state index in [1.165, 1.54) is 50.6 Å². The average Bonchev–Trinajstić information content (AvgIpc) is 2.60. The molecule has 0 bridgehead atoms. The van der Waals surface area contributed by atoms with Crippen molar-refractivity contribution in [1.29, 1.82) is 0 Å². The molecule has 25 heavy (non-hydrogen) atoms. The van der Waals surface area contributed by atoms with Crippen LogP contribution in [0.1, 0.15) is 5.56 Å². The van der Waals surface area contributed by atoms with E-state index in [0.29, 0.717) is 17.1 Å². The molecule has 5 nitrogen and oxygen atoms in total.